The van der Waals surface area contributed by atoms with Crippen LogP contribution in [0.3, 0.4) is 0 Å². The Hall–Kier alpha value is -3.03. The molecule has 164 valence electrons. The summed E-state index contributed by atoms with van der Waals surface area (Å²) in [6.45, 7) is 3.07. The van der Waals surface area contributed by atoms with Gasteiger partial charge >= 0.3 is 5.97 Å². The summed E-state index contributed by atoms with van der Waals surface area (Å²) in [5.41, 5.74) is 1.21. The molecule has 3 aromatic rings. The van der Waals surface area contributed by atoms with Crippen molar-refractivity contribution >= 4 is 16.9 Å². The Morgan fingerprint density at radius 3 is 2.65 bits per heavy atom. The van der Waals surface area contributed by atoms with Crippen molar-refractivity contribution in [2.45, 2.75) is 18.9 Å². The van der Waals surface area contributed by atoms with Crippen LogP contribution in [0, 0.1) is 5.92 Å². The minimum atomic E-state index is -0.977. The molecule has 1 aromatic heterocycles. The SMILES string of the molecule is O=C(O)c1ccccc1OCC1CCN(CC(O)COc2cccc3[nH]ccc23)CC1. The molecule has 0 saturated carbocycles. The van der Waals surface area contributed by atoms with Crippen LogP contribution in [0.1, 0.15) is 23.2 Å². The van der Waals surface area contributed by atoms with E-state index < -0.39 is 12.1 Å². The van der Waals surface area contributed by atoms with Crippen molar-refractivity contribution in [3.63, 3.8) is 0 Å². The topological polar surface area (TPSA) is 95.0 Å². The molecule has 1 atom stereocenters. The summed E-state index contributed by atoms with van der Waals surface area (Å²) in [5.74, 6) is 0.588. The number of H-pyrrole nitrogens is 1. The molecule has 1 unspecified atom stereocenters. The first kappa shape index (κ1) is 21.2. The number of rotatable bonds is 9. The van der Waals surface area contributed by atoms with E-state index >= 15 is 0 Å². The highest BCUT2D eigenvalue weighted by atomic mass is 16.5. The first-order chi connectivity index (χ1) is 15.1. The highest BCUT2D eigenvalue weighted by Gasteiger charge is 2.22. The quantitative estimate of drug-likeness (QED) is 0.487. The lowest BCUT2D eigenvalue weighted by Gasteiger charge is -2.33. The zero-order valence-corrected chi connectivity index (χ0v) is 17.4. The van der Waals surface area contributed by atoms with Crippen molar-refractivity contribution in [3.05, 3.63) is 60.3 Å². The van der Waals surface area contributed by atoms with Crippen LogP contribution in [0.2, 0.25) is 0 Å². The number of ether oxygens (including phenoxy) is 2. The molecule has 0 bridgehead atoms. The molecule has 1 fully saturated rings. The number of carboxylic acid groups (broad SMARTS) is 1. The highest BCUT2D eigenvalue weighted by Crippen LogP contribution is 2.25. The van der Waals surface area contributed by atoms with Gasteiger partial charge in [0.1, 0.15) is 29.8 Å². The molecule has 2 aromatic carbocycles. The number of piperidine rings is 1. The fourth-order valence-electron chi connectivity index (χ4n) is 4.03. The van der Waals surface area contributed by atoms with Gasteiger partial charge in [-0.2, -0.15) is 0 Å². The van der Waals surface area contributed by atoms with Gasteiger partial charge in [0, 0.05) is 23.6 Å². The first-order valence-corrected chi connectivity index (χ1v) is 10.6. The van der Waals surface area contributed by atoms with Crippen LogP contribution < -0.4 is 9.47 Å². The predicted octanol–water partition coefficient (Wildman–Crippen LogP) is 3.40. The van der Waals surface area contributed by atoms with Gasteiger partial charge < -0.3 is 29.6 Å². The maximum atomic E-state index is 11.3. The average molecular weight is 424 g/mol. The fraction of sp³-hybridized carbons (Fsp3) is 0.375. The van der Waals surface area contributed by atoms with Crippen LogP contribution in [-0.2, 0) is 0 Å². The maximum absolute atomic E-state index is 11.3. The molecular weight excluding hydrogens is 396 g/mol. The summed E-state index contributed by atoms with van der Waals surface area (Å²) in [4.78, 5) is 16.7. The highest BCUT2D eigenvalue weighted by molar-refractivity contribution is 5.90. The molecule has 0 radical (unpaired) electrons. The number of aliphatic hydroxyl groups excluding tert-OH is 1. The van der Waals surface area contributed by atoms with Gasteiger partial charge in [-0.05, 0) is 62.2 Å². The maximum Gasteiger partial charge on any atom is 0.339 e. The third-order valence-corrected chi connectivity index (χ3v) is 5.75. The van der Waals surface area contributed by atoms with Gasteiger partial charge in [-0.25, -0.2) is 4.79 Å². The second kappa shape index (κ2) is 9.85. The number of hydrogen-bond donors (Lipinski definition) is 3. The number of likely N-dealkylation sites (tertiary alicyclic amines) is 1. The van der Waals surface area contributed by atoms with Gasteiger partial charge in [0.2, 0.25) is 0 Å². The van der Waals surface area contributed by atoms with Crippen molar-refractivity contribution in [2.75, 3.05) is 32.8 Å². The molecule has 4 rings (SSSR count). The second-order valence-corrected chi connectivity index (χ2v) is 8.02. The minimum absolute atomic E-state index is 0.193. The van der Waals surface area contributed by atoms with Gasteiger partial charge in [-0.15, -0.1) is 0 Å². The molecule has 1 saturated heterocycles. The van der Waals surface area contributed by atoms with Gasteiger partial charge in [-0.3, -0.25) is 0 Å². The molecule has 3 N–H and O–H groups in total. The lowest BCUT2D eigenvalue weighted by atomic mass is 9.97. The van der Waals surface area contributed by atoms with E-state index in [4.69, 9.17) is 9.47 Å². The van der Waals surface area contributed by atoms with E-state index in [-0.39, 0.29) is 12.2 Å². The molecule has 0 spiro atoms. The smallest absolute Gasteiger partial charge is 0.339 e. The first-order valence-electron chi connectivity index (χ1n) is 10.6. The van der Waals surface area contributed by atoms with Crippen LogP contribution in [0.5, 0.6) is 11.5 Å². The summed E-state index contributed by atoms with van der Waals surface area (Å²) in [5, 5.41) is 20.7. The number of β-amino-alcohol motifs (C(OH)–C–C–N with tert-alkyl or cyclic N) is 1. The van der Waals surface area contributed by atoms with Crippen molar-refractivity contribution < 1.29 is 24.5 Å². The van der Waals surface area contributed by atoms with E-state index in [1.165, 1.54) is 0 Å². The Labute approximate surface area is 181 Å². The third kappa shape index (κ3) is 5.37. The van der Waals surface area contributed by atoms with Crippen LogP contribution in [0.25, 0.3) is 10.9 Å². The third-order valence-electron chi connectivity index (χ3n) is 5.75. The van der Waals surface area contributed by atoms with E-state index in [9.17, 15) is 15.0 Å². The number of aliphatic hydroxyl groups is 1. The molecule has 0 aliphatic carbocycles. The van der Waals surface area contributed by atoms with Crippen LogP contribution >= 0.6 is 0 Å². The molecule has 1 aliphatic rings. The molecule has 7 heteroatoms. The van der Waals surface area contributed by atoms with E-state index in [2.05, 4.69) is 9.88 Å². The summed E-state index contributed by atoms with van der Waals surface area (Å²) >= 11 is 0. The fourth-order valence-corrected chi connectivity index (χ4v) is 4.03. The van der Waals surface area contributed by atoms with E-state index in [1.807, 2.05) is 30.5 Å². The van der Waals surface area contributed by atoms with Crippen LogP contribution in [-0.4, -0.2) is 65.0 Å². The van der Waals surface area contributed by atoms with Crippen molar-refractivity contribution in [3.8, 4) is 11.5 Å². The van der Waals surface area contributed by atoms with Crippen molar-refractivity contribution in [2.24, 2.45) is 5.92 Å². The number of para-hydroxylation sites is 1. The number of aromatic nitrogens is 1. The van der Waals surface area contributed by atoms with E-state index in [0.717, 1.165) is 42.6 Å². The summed E-state index contributed by atoms with van der Waals surface area (Å²) in [6, 6.07) is 14.5. The van der Waals surface area contributed by atoms with Gasteiger partial charge in [0.25, 0.3) is 0 Å². The van der Waals surface area contributed by atoms with Crippen LogP contribution in [0.4, 0.5) is 0 Å². The Morgan fingerprint density at radius 1 is 1.06 bits per heavy atom. The van der Waals surface area contributed by atoms with Gasteiger partial charge in [0.05, 0.1) is 6.61 Å². The van der Waals surface area contributed by atoms with Gasteiger partial charge in [0.15, 0.2) is 0 Å². The normalized spacial score (nSPS) is 16.3. The Bertz CT molecular complexity index is 1010. The molecule has 7 nitrogen and oxygen atoms in total. The summed E-state index contributed by atoms with van der Waals surface area (Å²) < 4.78 is 11.7. The average Bonchev–Trinajstić information content (AvgIpc) is 3.27. The lowest BCUT2D eigenvalue weighted by molar-refractivity contribution is 0.0505. The second-order valence-electron chi connectivity index (χ2n) is 8.02. The number of carboxylic acids is 1. The molecule has 1 aliphatic heterocycles. The minimum Gasteiger partial charge on any atom is -0.492 e. The summed E-state index contributed by atoms with van der Waals surface area (Å²) in [7, 11) is 0. The zero-order valence-electron chi connectivity index (χ0n) is 17.4. The largest absolute Gasteiger partial charge is 0.492 e. The molecule has 0 amide bonds. The summed E-state index contributed by atoms with van der Waals surface area (Å²) in [6.07, 6.45) is 3.21. The number of carbonyl (C=O) groups is 1. The monoisotopic (exact) mass is 424 g/mol. The Balaban J connectivity index is 1.19. The number of benzene rings is 2. The number of fused-ring (bicyclic) bond motifs is 1. The van der Waals surface area contributed by atoms with Crippen molar-refractivity contribution in [1.29, 1.82) is 0 Å². The number of aromatic amines is 1. The molecule has 2 heterocycles. The Morgan fingerprint density at radius 2 is 1.84 bits per heavy atom. The van der Waals surface area contributed by atoms with Gasteiger partial charge in [-0.1, -0.05) is 18.2 Å². The molecular formula is C24H28N2O5. The number of nitrogens with zero attached hydrogens (tertiary/aromatic N) is 1. The standard InChI is InChI=1S/C24H28N2O5/c27-18(16-31-22-7-3-5-21-19(22)8-11-25-21)14-26-12-9-17(10-13-26)15-30-23-6-2-1-4-20(23)24(28)29/h1-8,11,17-18,25,27H,9-10,12-16H2,(H,28,29). The molecule has 31 heavy (non-hydrogen) atoms. The van der Waals surface area contributed by atoms with Crippen molar-refractivity contribution in [1.82, 2.24) is 9.88 Å². The zero-order chi connectivity index (χ0) is 21.6. The number of hydrogen-bond acceptors (Lipinski definition) is 5. The lowest BCUT2D eigenvalue weighted by Crippen LogP contribution is -2.41. The van der Waals surface area contributed by atoms with E-state index in [1.54, 1.807) is 24.3 Å². The van der Waals surface area contributed by atoms with Crippen LogP contribution in [0.15, 0.2) is 54.7 Å². The number of aromatic carboxylic acids is 1. The Kier molecular flexibility index (Phi) is 6.74. The van der Waals surface area contributed by atoms with E-state index in [0.29, 0.717) is 24.8 Å². The predicted molar refractivity (Wildman–Crippen MR) is 118 cm³/mol. The number of nitrogens with one attached hydrogen (secondary N) is 1.